The molecule has 1 heterocycles. The summed E-state index contributed by atoms with van der Waals surface area (Å²) < 4.78 is 5.43. The molecule has 7 N–H and O–H groups in total. The highest BCUT2D eigenvalue weighted by molar-refractivity contribution is 6.01. The van der Waals surface area contributed by atoms with Gasteiger partial charge in [-0.25, -0.2) is 9.78 Å². The van der Waals surface area contributed by atoms with Gasteiger partial charge in [0, 0.05) is 24.7 Å². The maximum absolute atomic E-state index is 14.1. The van der Waals surface area contributed by atoms with Crippen LogP contribution in [0.25, 0.3) is 10.8 Å². The third kappa shape index (κ3) is 16.1. The molecule has 0 saturated heterocycles. The molecule has 4 aromatic rings. The summed E-state index contributed by atoms with van der Waals surface area (Å²) in [5.41, 5.74) is 1.21. The number of amides is 6. The molecule has 0 saturated carbocycles. The molecule has 0 aliphatic heterocycles. The van der Waals surface area contributed by atoms with Crippen molar-refractivity contribution in [2.24, 2.45) is 11.8 Å². The quantitative estimate of drug-likeness (QED) is 0.0669. The van der Waals surface area contributed by atoms with Crippen molar-refractivity contribution >= 4 is 46.4 Å². The molecule has 0 radical (unpaired) electrons. The van der Waals surface area contributed by atoms with E-state index >= 15 is 0 Å². The van der Waals surface area contributed by atoms with E-state index in [4.69, 9.17) is 4.74 Å². The fourth-order valence-electron chi connectivity index (χ4n) is 6.89. The molecule has 1 aromatic heterocycles. The number of imide groups is 1. The van der Waals surface area contributed by atoms with Crippen molar-refractivity contribution < 1.29 is 38.6 Å². The first-order chi connectivity index (χ1) is 28.9. The Bertz CT molecular complexity index is 2080. The van der Waals surface area contributed by atoms with Gasteiger partial charge in [-0.15, -0.1) is 0 Å². The molecule has 0 aliphatic rings. The third-order valence-electron chi connectivity index (χ3n) is 9.67. The number of fused-ring (bicyclic) bond motifs is 1. The summed E-state index contributed by atoms with van der Waals surface area (Å²) in [5.74, 6) is -3.21. The number of alkyl carbamates (subject to hydrolysis) is 1. The van der Waals surface area contributed by atoms with Crippen molar-refractivity contribution in [3.63, 3.8) is 0 Å². The number of aromatic nitrogens is 2. The standard InChI is InChI=1S/C46H61N7O8/c1-28(2)20-35(39(54)25-41(56)49-36(21-29(3)4)44(59)53-40(55)23-32-18-13-17-31-16-11-12-19-34(31)32)50-43(58)38(24-33-26-47-27-48-33)51-42(57)37(22-30-14-9-8-10-15-30)52-45(60)61-46(5,6)7/h8-19,26-29,35-39,54H,20-25H2,1-7H3,(H,47,48)(H,49,56)(H,50,58)(H,51,57)(H,52,60)(H,53,55,59)/t35-,36-,37-,38-,39-/m0/s1. The van der Waals surface area contributed by atoms with Gasteiger partial charge >= 0.3 is 6.09 Å². The van der Waals surface area contributed by atoms with Crippen LogP contribution in [0.15, 0.2) is 85.3 Å². The average molecular weight is 840 g/mol. The van der Waals surface area contributed by atoms with E-state index in [2.05, 4.69) is 36.6 Å². The first kappa shape index (κ1) is 47.6. The van der Waals surface area contributed by atoms with Crippen LogP contribution in [0, 0.1) is 11.8 Å². The van der Waals surface area contributed by atoms with Crippen LogP contribution in [0.4, 0.5) is 4.79 Å². The number of H-pyrrole nitrogens is 1. The number of carbonyl (C=O) groups is 6. The van der Waals surface area contributed by atoms with Gasteiger partial charge in [0.25, 0.3) is 0 Å². The third-order valence-corrected chi connectivity index (χ3v) is 9.67. The molecular weight excluding hydrogens is 779 g/mol. The predicted octanol–water partition coefficient (Wildman–Crippen LogP) is 4.42. The van der Waals surface area contributed by atoms with Crippen molar-refractivity contribution in [1.82, 2.24) is 36.6 Å². The molecule has 328 valence electrons. The summed E-state index contributed by atoms with van der Waals surface area (Å²) in [4.78, 5) is 87.8. The molecular formula is C46H61N7O8. The highest BCUT2D eigenvalue weighted by Crippen LogP contribution is 2.19. The number of nitrogens with one attached hydrogen (secondary N) is 6. The van der Waals surface area contributed by atoms with Crippen LogP contribution in [0.1, 0.15) is 84.5 Å². The van der Waals surface area contributed by atoms with E-state index in [0.717, 1.165) is 21.9 Å². The number of imidazole rings is 1. The number of rotatable bonds is 20. The number of aromatic amines is 1. The summed E-state index contributed by atoms with van der Waals surface area (Å²) in [6.45, 7) is 12.6. The number of aliphatic hydroxyl groups is 1. The Morgan fingerprint density at radius 2 is 1.34 bits per heavy atom. The molecule has 0 bridgehead atoms. The normalized spacial score (nSPS) is 14.0. The monoisotopic (exact) mass is 839 g/mol. The molecule has 4 rings (SSSR count). The molecule has 15 nitrogen and oxygen atoms in total. The topological polar surface area (TPSA) is 221 Å². The molecule has 0 fully saturated rings. The van der Waals surface area contributed by atoms with Gasteiger partial charge in [-0.1, -0.05) is 100 Å². The highest BCUT2D eigenvalue weighted by Gasteiger charge is 2.33. The lowest BCUT2D eigenvalue weighted by molar-refractivity contribution is -0.135. The minimum Gasteiger partial charge on any atom is -0.444 e. The summed E-state index contributed by atoms with van der Waals surface area (Å²) >= 11 is 0. The molecule has 3 aromatic carbocycles. The Morgan fingerprint density at radius 3 is 2.00 bits per heavy atom. The first-order valence-electron chi connectivity index (χ1n) is 20.8. The SMILES string of the molecule is CC(C)C[C@H](NC(=O)C[C@H](O)[C@H](CC(C)C)NC(=O)[C@H](Cc1cnc[nH]1)NC(=O)[C@H](Cc1ccccc1)NC(=O)OC(C)(C)C)C(=O)NC(=O)Cc1cccc2ccccc12. The molecule has 0 aliphatic carbocycles. The van der Waals surface area contributed by atoms with E-state index in [1.807, 2.05) is 88.4 Å². The van der Waals surface area contributed by atoms with Crippen molar-refractivity contribution in [2.75, 3.05) is 0 Å². The Kier molecular flexibility index (Phi) is 17.5. The van der Waals surface area contributed by atoms with Gasteiger partial charge in [0.1, 0.15) is 23.7 Å². The number of hydrogen-bond acceptors (Lipinski definition) is 9. The highest BCUT2D eigenvalue weighted by atomic mass is 16.6. The van der Waals surface area contributed by atoms with E-state index in [1.54, 1.807) is 32.9 Å². The zero-order valence-corrected chi connectivity index (χ0v) is 36.1. The number of nitrogens with zero attached hydrogens (tertiary/aromatic N) is 1. The van der Waals surface area contributed by atoms with E-state index in [1.165, 1.54) is 12.5 Å². The molecule has 15 heteroatoms. The second-order valence-corrected chi connectivity index (χ2v) is 17.2. The van der Waals surface area contributed by atoms with E-state index in [-0.39, 0.29) is 43.9 Å². The van der Waals surface area contributed by atoms with Crippen LogP contribution in [-0.4, -0.2) is 86.6 Å². The Labute approximate surface area is 357 Å². The summed E-state index contributed by atoms with van der Waals surface area (Å²) in [5, 5.41) is 26.7. The Balaban J connectivity index is 1.46. The Morgan fingerprint density at radius 1 is 0.705 bits per heavy atom. The zero-order chi connectivity index (χ0) is 44.7. The first-order valence-corrected chi connectivity index (χ1v) is 20.8. The predicted molar refractivity (Wildman–Crippen MR) is 232 cm³/mol. The lowest BCUT2D eigenvalue weighted by Gasteiger charge is -2.29. The summed E-state index contributed by atoms with van der Waals surface area (Å²) in [6, 6.07) is 18.0. The minimum absolute atomic E-state index is 0.0156. The number of hydrogen-bond donors (Lipinski definition) is 7. The zero-order valence-electron chi connectivity index (χ0n) is 36.1. The van der Waals surface area contributed by atoms with E-state index in [9.17, 15) is 33.9 Å². The molecule has 0 unspecified atom stereocenters. The van der Waals surface area contributed by atoms with Crippen LogP contribution in [0.2, 0.25) is 0 Å². The average Bonchev–Trinajstić information content (AvgIpc) is 3.69. The molecule has 0 spiro atoms. The second kappa shape index (κ2) is 22.5. The van der Waals surface area contributed by atoms with Gasteiger partial charge in [0.05, 0.1) is 31.3 Å². The number of benzene rings is 3. The van der Waals surface area contributed by atoms with Crippen LogP contribution in [0.3, 0.4) is 0 Å². The maximum atomic E-state index is 14.1. The number of ether oxygens (including phenoxy) is 1. The van der Waals surface area contributed by atoms with Gasteiger partial charge in [-0.3, -0.25) is 29.3 Å². The van der Waals surface area contributed by atoms with Gasteiger partial charge in [0.15, 0.2) is 0 Å². The Hall–Kier alpha value is -6.09. The molecule has 6 amide bonds. The maximum Gasteiger partial charge on any atom is 0.408 e. The lowest BCUT2D eigenvalue weighted by Crippen LogP contribution is -2.58. The summed E-state index contributed by atoms with van der Waals surface area (Å²) in [7, 11) is 0. The largest absolute Gasteiger partial charge is 0.444 e. The smallest absolute Gasteiger partial charge is 0.408 e. The van der Waals surface area contributed by atoms with Crippen molar-refractivity contribution in [2.45, 2.75) is 123 Å². The minimum atomic E-state index is -1.40. The van der Waals surface area contributed by atoms with Crippen LogP contribution < -0.4 is 26.6 Å². The molecule has 61 heavy (non-hydrogen) atoms. The lowest BCUT2D eigenvalue weighted by atomic mass is 9.96. The number of carbonyl (C=O) groups excluding carboxylic acids is 6. The van der Waals surface area contributed by atoms with Crippen LogP contribution in [-0.2, 0) is 48.0 Å². The second-order valence-electron chi connectivity index (χ2n) is 17.2. The molecule has 5 atom stereocenters. The van der Waals surface area contributed by atoms with Crippen molar-refractivity contribution in [3.8, 4) is 0 Å². The van der Waals surface area contributed by atoms with Gasteiger partial charge in [0.2, 0.25) is 29.5 Å². The van der Waals surface area contributed by atoms with E-state index < -0.39 is 77.9 Å². The van der Waals surface area contributed by atoms with Crippen molar-refractivity contribution in [3.05, 3.63) is 102 Å². The fraction of sp³-hybridized carbons (Fsp3) is 0.457. The van der Waals surface area contributed by atoms with Gasteiger partial charge < -0.3 is 36.1 Å². The van der Waals surface area contributed by atoms with Crippen molar-refractivity contribution in [1.29, 1.82) is 0 Å². The van der Waals surface area contributed by atoms with Crippen LogP contribution >= 0.6 is 0 Å². The van der Waals surface area contributed by atoms with Gasteiger partial charge in [-0.2, -0.15) is 0 Å². The van der Waals surface area contributed by atoms with E-state index in [0.29, 0.717) is 5.69 Å². The van der Waals surface area contributed by atoms with Gasteiger partial charge in [-0.05, 0) is 67.3 Å². The fourth-order valence-corrected chi connectivity index (χ4v) is 6.89. The van der Waals surface area contributed by atoms with Crippen LogP contribution in [0.5, 0.6) is 0 Å². The summed E-state index contributed by atoms with van der Waals surface area (Å²) in [6.07, 6.45) is 0.804. The number of aliphatic hydroxyl groups excluding tert-OH is 1.